The summed E-state index contributed by atoms with van der Waals surface area (Å²) >= 11 is 0. The van der Waals surface area contributed by atoms with Crippen molar-refractivity contribution in [1.29, 1.82) is 0 Å². The molecular formula is C15H26O13. The molecule has 3 heterocycles. The smallest absolute Gasteiger partial charge is 0.187 e. The minimum absolute atomic E-state index is 0.307. The maximum Gasteiger partial charge on any atom is 0.187 e. The molecule has 164 valence electrons. The van der Waals surface area contributed by atoms with Crippen LogP contribution in [0.5, 0.6) is 0 Å². The number of aliphatic hydroxyl groups excluding tert-OH is 8. The van der Waals surface area contributed by atoms with Crippen LogP contribution in [0, 0.1) is 0 Å². The minimum atomic E-state index is -1.66. The molecule has 0 saturated carbocycles. The second-order valence-corrected chi connectivity index (χ2v) is 6.99. The van der Waals surface area contributed by atoms with Gasteiger partial charge in [0.05, 0.1) is 19.8 Å². The van der Waals surface area contributed by atoms with E-state index >= 15 is 0 Å². The fourth-order valence-electron chi connectivity index (χ4n) is 3.15. The molecule has 3 saturated heterocycles. The number of hydrogen-bond acceptors (Lipinski definition) is 13. The topological polar surface area (TPSA) is 208 Å². The first-order chi connectivity index (χ1) is 13.2. The Hall–Kier alpha value is -0.520. The molecule has 3 fully saturated rings. The summed E-state index contributed by atoms with van der Waals surface area (Å²) in [5, 5.41) is 78.4. The average Bonchev–Trinajstić information content (AvgIpc) is 2.67. The van der Waals surface area contributed by atoms with Crippen molar-refractivity contribution in [2.24, 2.45) is 0 Å². The fraction of sp³-hybridized carbons (Fsp3) is 1.00. The highest BCUT2D eigenvalue weighted by molar-refractivity contribution is 4.90. The van der Waals surface area contributed by atoms with Crippen molar-refractivity contribution >= 4 is 0 Å². The van der Waals surface area contributed by atoms with Gasteiger partial charge < -0.3 is 64.5 Å². The predicted molar refractivity (Wildman–Crippen MR) is 83.2 cm³/mol. The summed E-state index contributed by atoms with van der Waals surface area (Å²) < 4.78 is 26.2. The fourth-order valence-corrected chi connectivity index (χ4v) is 3.15. The lowest BCUT2D eigenvalue weighted by atomic mass is 10.0. The highest BCUT2D eigenvalue weighted by Crippen LogP contribution is 2.28. The quantitative estimate of drug-likeness (QED) is 0.216. The Kier molecular flexibility index (Phi) is 7.20. The zero-order valence-corrected chi connectivity index (χ0v) is 14.7. The van der Waals surface area contributed by atoms with E-state index < -0.39 is 73.8 Å². The summed E-state index contributed by atoms with van der Waals surface area (Å²) in [6.07, 6.45) is -17.7. The molecule has 3 rings (SSSR count). The Bertz CT molecular complexity index is 508. The second kappa shape index (κ2) is 9.09. The molecule has 28 heavy (non-hydrogen) atoms. The molecule has 13 heteroatoms. The van der Waals surface area contributed by atoms with Crippen LogP contribution in [0.3, 0.4) is 0 Å². The van der Waals surface area contributed by atoms with E-state index in [0.717, 1.165) is 0 Å². The summed E-state index contributed by atoms with van der Waals surface area (Å²) in [6.45, 7) is -0.992. The van der Waals surface area contributed by atoms with Gasteiger partial charge in [-0.15, -0.1) is 0 Å². The largest absolute Gasteiger partial charge is 0.388 e. The summed E-state index contributed by atoms with van der Waals surface area (Å²) in [4.78, 5) is 0. The van der Waals surface area contributed by atoms with Crippen LogP contribution in [-0.4, -0.2) is 134 Å². The molecule has 3 aliphatic heterocycles. The Balaban J connectivity index is 1.69. The normalized spacial score (nSPS) is 53.1. The van der Waals surface area contributed by atoms with Crippen LogP contribution in [0.4, 0.5) is 0 Å². The van der Waals surface area contributed by atoms with Crippen LogP contribution >= 0.6 is 0 Å². The van der Waals surface area contributed by atoms with Crippen LogP contribution in [-0.2, 0) is 23.7 Å². The van der Waals surface area contributed by atoms with Gasteiger partial charge in [-0.1, -0.05) is 0 Å². The molecule has 0 radical (unpaired) electrons. The van der Waals surface area contributed by atoms with Crippen molar-refractivity contribution in [3.63, 3.8) is 0 Å². The van der Waals surface area contributed by atoms with Crippen molar-refractivity contribution in [2.45, 2.75) is 73.8 Å². The maximum atomic E-state index is 10.3. The third-order valence-corrected chi connectivity index (χ3v) is 4.94. The highest BCUT2D eigenvalue weighted by atomic mass is 16.8. The van der Waals surface area contributed by atoms with Gasteiger partial charge in [0.2, 0.25) is 0 Å². The first-order valence-electron chi connectivity index (χ1n) is 8.81. The van der Waals surface area contributed by atoms with Gasteiger partial charge in [0.1, 0.15) is 54.9 Å². The molecule has 8 N–H and O–H groups in total. The first kappa shape index (κ1) is 22.2. The van der Waals surface area contributed by atoms with Crippen LogP contribution in [0.2, 0.25) is 0 Å². The molecule has 0 spiro atoms. The zero-order valence-electron chi connectivity index (χ0n) is 14.7. The van der Waals surface area contributed by atoms with Gasteiger partial charge >= 0.3 is 0 Å². The monoisotopic (exact) mass is 414 g/mol. The number of aliphatic hydroxyl groups is 8. The van der Waals surface area contributed by atoms with E-state index in [9.17, 15) is 40.9 Å². The lowest BCUT2D eigenvalue weighted by Gasteiger charge is -2.44. The highest BCUT2D eigenvalue weighted by Gasteiger charge is 2.48. The van der Waals surface area contributed by atoms with Gasteiger partial charge in [0.15, 0.2) is 18.9 Å². The van der Waals surface area contributed by atoms with Crippen molar-refractivity contribution in [2.75, 3.05) is 19.8 Å². The van der Waals surface area contributed by atoms with Crippen LogP contribution in [0.1, 0.15) is 0 Å². The number of hydrogen-bond donors (Lipinski definition) is 8. The second-order valence-electron chi connectivity index (χ2n) is 6.99. The van der Waals surface area contributed by atoms with E-state index in [2.05, 4.69) is 0 Å². The summed E-state index contributed by atoms with van der Waals surface area (Å²) in [6, 6.07) is 0. The van der Waals surface area contributed by atoms with E-state index in [-0.39, 0.29) is 19.8 Å². The van der Waals surface area contributed by atoms with Crippen molar-refractivity contribution in [3.8, 4) is 0 Å². The lowest BCUT2D eigenvalue weighted by Crippen LogP contribution is -2.62. The van der Waals surface area contributed by atoms with Crippen LogP contribution in [0.25, 0.3) is 0 Å². The standard InChI is InChI=1S/C15H26O13/c16-4-1-25-14(11(22)7(4)18)28-12-8(19)5(17)2-26-15(12)27-6-3-24-13(23)10(21)9(6)20/h4-23H,1-3H2/t4-,5-,6-,7+,8+,9+,10-,11-,12-,13-,14+,15+/m1/s1. The molecule has 0 amide bonds. The first-order valence-corrected chi connectivity index (χ1v) is 8.81. The SMILES string of the molecule is O[C@@H]1[C@@H](O)[C@H](O[C@H]2[C@H](O[C@@H]3CO[C@@H](O)[C@H](O)[C@H]3O)OC[C@@H](O)[C@@H]2O)OC[C@H]1O. The molecule has 3 aliphatic rings. The van der Waals surface area contributed by atoms with Gasteiger partial charge in [-0.2, -0.15) is 0 Å². The molecule has 0 unspecified atom stereocenters. The summed E-state index contributed by atoms with van der Waals surface area (Å²) in [5.41, 5.74) is 0. The Morgan fingerprint density at radius 2 is 1.14 bits per heavy atom. The van der Waals surface area contributed by atoms with Crippen LogP contribution in [0.15, 0.2) is 0 Å². The van der Waals surface area contributed by atoms with E-state index in [0.29, 0.717) is 0 Å². The Morgan fingerprint density at radius 1 is 0.536 bits per heavy atom. The minimum Gasteiger partial charge on any atom is -0.388 e. The molecular weight excluding hydrogens is 388 g/mol. The third kappa shape index (κ3) is 4.46. The third-order valence-electron chi connectivity index (χ3n) is 4.94. The van der Waals surface area contributed by atoms with Crippen molar-refractivity contribution < 1.29 is 64.5 Å². The Labute approximate surface area is 159 Å². The summed E-state index contributed by atoms with van der Waals surface area (Å²) in [7, 11) is 0. The zero-order chi connectivity index (χ0) is 20.6. The van der Waals surface area contributed by atoms with Gasteiger partial charge in [-0.05, 0) is 0 Å². The van der Waals surface area contributed by atoms with E-state index in [1.165, 1.54) is 0 Å². The molecule has 0 aromatic heterocycles. The number of rotatable bonds is 4. The molecule has 0 bridgehead atoms. The van der Waals surface area contributed by atoms with Gasteiger partial charge in [0.25, 0.3) is 0 Å². The van der Waals surface area contributed by atoms with Crippen LogP contribution < -0.4 is 0 Å². The molecule has 0 aromatic rings. The molecule has 0 aliphatic carbocycles. The molecule has 0 aromatic carbocycles. The van der Waals surface area contributed by atoms with Gasteiger partial charge in [0, 0.05) is 0 Å². The van der Waals surface area contributed by atoms with Crippen molar-refractivity contribution in [1.82, 2.24) is 0 Å². The average molecular weight is 414 g/mol. The van der Waals surface area contributed by atoms with Gasteiger partial charge in [-0.3, -0.25) is 0 Å². The van der Waals surface area contributed by atoms with E-state index in [1.807, 2.05) is 0 Å². The number of ether oxygens (including phenoxy) is 5. The Morgan fingerprint density at radius 3 is 1.82 bits per heavy atom. The predicted octanol–water partition coefficient (Wildman–Crippen LogP) is -5.66. The van der Waals surface area contributed by atoms with Crippen molar-refractivity contribution in [3.05, 3.63) is 0 Å². The molecule has 13 nitrogen and oxygen atoms in total. The molecule has 12 atom stereocenters. The van der Waals surface area contributed by atoms with E-state index in [1.54, 1.807) is 0 Å². The summed E-state index contributed by atoms with van der Waals surface area (Å²) in [5.74, 6) is 0. The maximum absolute atomic E-state index is 10.3. The van der Waals surface area contributed by atoms with Gasteiger partial charge in [-0.25, -0.2) is 0 Å². The lowest BCUT2D eigenvalue weighted by molar-refractivity contribution is -0.361. The van der Waals surface area contributed by atoms with E-state index in [4.69, 9.17) is 23.7 Å².